The van der Waals surface area contributed by atoms with Crippen LogP contribution in [0.4, 0.5) is 0 Å². The van der Waals surface area contributed by atoms with Gasteiger partial charge in [0.05, 0.1) is 11.2 Å². The molecular weight excluding hydrogens is 172 g/mol. The van der Waals surface area contributed by atoms with Gasteiger partial charge in [0.25, 0.3) is 0 Å². The van der Waals surface area contributed by atoms with E-state index >= 15 is 0 Å². The van der Waals surface area contributed by atoms with Crippen LogP contribution in [0.5, 0.6) is 0 Å². The minimum Gasteiger partial charge on any atom is -0.237 e. The van der Waals surface area contributed by atoms with Crippen LogP contribution in [0.1, 0.15) is 25.4 Å². The summed E-state index contributed by atoms with van der Waals surface area (Å²) in [6, 6.07) is 8.20. The number of hydrogen-bond donors (Lipinski definition) is 0. The van der Waals surface area contributed by atoms with E-state index in [4.69, 9.17) is 0 Å². The lowest BCUT2D eigenvalue weighted by molar-refractivity contribution is 0.912. The van der Waals surface area contributed by atoms with Gasteiger partial charge in [-0.15, -0.1) is 0 Å². The Balaban J connectivity index is 2.73. The van der Waals surface area contributed by atoms with Crippen LogP contribution in [0.15, 0.2) is 24.3 Å². The first-order valence-corrected chi connectivity index (χ1v) is 5.09. The molecular formula is C12H14N2. The maximum Gasteiger partial charge on any atom is 0.129 e. The molecule has 0 amide bonds. The SMILES string of the molecule is CCc1nc(CC)c2ccccc2n1. The quantitative estimate of drug-likeness (QED) is 0.720. The fourth-order valence-corrected chi connectivity index (χ4v) is 1.62. The minimum atomic E-state index is 0.901. The predicted octanol–water partition coefficient (Wildman–Crippen LogP) is 2.75. The Kier molecular flexibility index (Phi) is 2.44. The van der Waals surface area contributed by atoms with Crippen molar-refractivity contribution in [3.63, 3.8) is 0 Å². The molecule has 0 saturated carbocycles. The molecule has 0 spiro atoms. The first kappa shape index (κ1) is 9.13. The van der Waals surface area contributed by atoms with E-state index in [1.165, 1.54) is 5.39 Å². The summed E-state index contributed by atoms with van der Waals surface area (Å²) in [6.45, 7) is 4.22. The Bertz CT molecular complexity index is 449. The second-order valence-electron chi connectivity index (χ2n) is 3.31. The van der Waals surface area contributed by atoms with Crippen LogP contribution in [0, 0.1) is 0 Å². The largest absolute Gasteiger partial charge is 0.237 e. The first-order valence-electron chi connectivity index (χ1n) is 5.09. The zero-order valence-electron chi connectivity index (χ0n) is 8.62. The van der Waals surface area contributed by atoms with Gasteiger partial charge in [-0.25, -0.2) is 9.97 Å². The van der Waals surface area contributed by atoms with E-state index in [0.29, 0.717) is 0 Å². The summed E-state index contributed by atoms with van der Waals surface area (Å²) in [5, 5.41) is 1.19. The average molecular weight is 186 g/mol. The van der Waals surface area contributed by atoms with E-state index in [-0.39, 0.29) is 0 Å². The molecule has 0 aliphatic carbocycles. The van der Waals surface area contributed by atoms with Gasteiger partial charge < -0.3 is 0 Å². The van der Waals surface area contributed by atoms with Gasteiger partial charge in [-0.05, 0) is 12.5 Å². The van der Waals surface area contributed by atoms with Crippen LogP contribution in [-0.2, 0) is 12.8 Å². The van der Waals surface area contributed by atoms with Gasteiger partial charge >= 0.3 is 0 Å². The summed E-state index contributed by atoms with van der Waals surface area (Å²) in [6.07, 6.45) is 1.87. The van der Waals surface area contributed by atoms with Crippen molar-refractivity contribution in [2.45, 2.75) is 26.7 Å². The summed E-state index contributed by atoms with van der Waals surface area (Å²) in [7, 11) is 0. The second kappa shape index (κ2) is 3.74. The van der Waals surface area contributed by atoms with Crippen molar-refractivity contribution < 1.29 is 0 Å². The van der Waals surface area contributed by atoms with E-state index in [9.17, 15) is 0 Å². The van der Waals surface area contributed by atoms with Gasteiger partial charge in [-0.3, -0.25) is 0 Å². The molecule has 2 aromatic rings. The van der Waals surface area contributed by atoms with Crippen LogP contribution in [-0.4, -0.2) is 9.97 Å². The van der Waals surface area contributed by atoms with Gasteiger partial charge in [0.1, 0.15) is 5.82 Å². The number of fused-ring (bicyclic) bond motifs is 1. The Hall–Kier alpha value is -1.44. The highest BCUT2D eigenvalue weighted by Gasteiger charge is 2.03. The fourth-order valence-electron chi connectivity index (χ4n) is 1.62. The van der Waals surface area contributed by atoms with Crippen LogP contribution >= 0.6 is 0 Å². The van der Waals surface area contributed by atoms with Gasteiger partial charge in [-0.2, -0.15) is 0 Å². The molecule has 1 heterocycles. The second-order valence-corrected chi connectivity index (χ2v) is 3.31. The van der Waals surface area contributed by atoms with E-state index in [1.807, 2.05) is 12.1 Å². The standard InChI is InChI=1S/C12H14N2/c1-3-10-9-7-5-6-8-11(9)14-12(4-2)13-10/h5-8H,3-4H2,1-2H3. The van der Waals surface area contributed by atoms with Crippen LogP contribution in [0.3, 0.4) is 0 Å². The molecule has 2 nitrogen and oxygen atoms in total. The lowest BCUT2D eigenvalue weighted by atomic mass is 10.1. The smallest absolute Gasteiger partial charge is 0.129 e. The Morgan fingerprint density at radius 3 is 2.50 bits per heavy atom. The molecule has 0 unspecified atom stereocenters. The van der Waals surface area contributed by atoms with E-state index in [1.54, 1.807) is 0 Å². The number of benzene rings is 1. The normalized spacial score (nSPS) is 10.7. The topological polar surface area (TPSA) is 25.8 Å². The molecule has 1 aromatic heterocycles. The zero-order valence-corrected chi connectivity index (χ0v) is 8.62. The van der Waals surface area contributed by atoms with Crippen LogP contribution < -0.4 is 0 Å². The minimum absolute atomic E-state index is 0.901. The lowest BCUT2D eigenvalue weighted by Crippen LogP contribution is -1.98. The van der Waals surface area contributed by atoms with E-state index < -0.39 is 0 Å². The van der Waals surface area contributed by atoms with Crippen molar-refractivity contribution in [1.82, 2.24) is 9.97 Å². The summed E-state index contributed by atoms with van der Waals surface area (Å²) in [5.74, 6) is 0.945. The van der Waals surface area contributed by atoms with Crippen molar-refractivity contribution in [3.8, 4) is 0 Å². The van der Waals surface area contributed by atoms with Gasteiger partial charge in [0.2, 0.25) is 0 Å². The Morgan fingerprint density at radius 2 is 1.79 bits per heavy atom. The Morgan fingerprint density at radius 1 is 1.00 bits per heavy atom. The highest BCUT2D eigenvalue weighted by molar-refractivity contribution is 5.80. The third-order valence-electron chi connectivity index (χ3n) is 2.38. The molecule has 0 saturated heterocycles. The summed E-state index contributed by atoms with van der Waals surface area (Å²) in [4.78, 5) is 9.02. The molecule has 1 aromatic carbocycles. The van der Waals surface area contributed by atoms with Crippen molar-refractivity contribution >= 4 is 10.9 Å². The van der Waals surface area contributed by atoms with Crippen LogP contribution in [0.2, 0.25) is 0 Å². The molecule has 14 heavy (non-hydrogen) atoms. The number of aromatic nitrogens is 2. The molecule has 0 aliphatic rings. The third-order valence-corrected chi connectivity index (χ3v) is 2.38. The van der Waals surface area contributed by atoms with Gasteiger partial charge in [0.15, 0.2) is 0 Å². The highest BCUT2D eigenvalue weighted by atomic mass is 14.9. The molecule has 0 radical (unpaired) electrons. The molecule has 0 atom stereocenters. The highest BCUT2D eigenvalue weighted by Crippen LogP contribution is 2.15. The number of rotatable bonds is 2. The van der Waals surface area contributed by atoms with E-state index in [2.05, 4.69) is 35.9 Å². The number of aryl methyl sites for hydroxylation is 2. The van der Waals surface area contributed by atoms with Gasteiger partial charge in [-0.1, -0.05) is 32.0 Å². The zero-order chi connectivity index (χ0) is 9.97. The molecule has 72 valence electrons. The van der Waals surface area contributed by atoms with E-state index in [0.717, 1.165) is 29.9 Å². The summed E-state index contributed by atoms with van der Waals surface area (Å²) >= 11 is 0. The molecule has 0 bridgehead atoms. The monoisotopic (exact) mass is 186 g/mol. The molecule has 2 rings (SSSR count). The van der Waals surface area contributed by atoms with Crippen molar-refractivity contribution in [1.29, 1.82) is 0 Å². The number of hydrogen-bond acceptors (Lipinski definition) is 2. The molecule has 2 heteroatoms. The maximum atomic E-state index is 4.53. The van der Waals surface area contributed by atoms with Crippen molar-refractivity contribution in [2.24, 2.45) is 0 Å². The first-order chi connectivity index (χ1) is 6.85. The number of para-hydroxylation sites is 1. The molecule has 0 N–H and O–H groups in total. The summed E-state index contributed by atoms with van der Waals surface area (Å²) < 4.78 is 0. The predicted molar refractivity (Wildman–Crippen MR) is 58.3 cm³/mol. The van der Waals surface area contributed by atoms with Gasteiger partial charge in [0, 0.05) is 11.8 Å². The maximum absolute atomic E-state index is 4.53. The molecule has 0 aliphatic heterocycles. The van der Waals surface area contributed by atoms with Crippen LogP contribution in [0.25, 0.3) is 10.9 Å². The fraction of sp³-hybridized carbons (Fsp3) is 0.333. The average Bonchev–Trinajstić information content (AvgIpc) is 2.27. The lowest BCUT2D eigenvalue weighted by Gasteiger charge is -2.05. The van der Waals surface area contributed by atoms with Crippen molar-refractivity contribution in [2.75, 3.05) is 0 Å². The number of nitrogens with zero attached hydrogens (tertiary/aromatic N) is 2. The molecule has 0 fully saturated rings. The summed E-state index contributed by atoms with van der Waals surface area (Å²) in [5.41, 5.74) is 2.23. The van der Waals surface area contributed by atoms with Crippen molar-refractivity contribution in [3.05, 3.63) is 35.8 Å². The third kappa shape index (κ3) is 1.48. The Labute approximate surface area is 84.0 Å².